The molecule has 1 amide bonds. The van der Waals surface area contributed by atoms with Crippen LogP contribution in [0.15, 0.2) is 47.4 Å². The lowest BCUT2D eigenvalue weighted by molar-refractivity contribution is -0.130. The molecule has 8 heteroatoms. The second-order valence-electron chi connectivity index (χ2n) is 6.28. The molecule has 0 fully saturated rings. The number of carbonyl (C=O) groups excluding carboxylic acids is 1. The van der Waals surface area contributed by atoms with Crippen molar-refractivity contribution in [3.63, 3.8) is 0 Å². The van der Waals surface area contributed by atoms with Gasteiger partial charge in [0.2, 0.25) is 15.9 Å². The standard InChI is InChI=1S/C20H26N2O5S/c1-21-28(24,25)18-10-5-15(6-11-18)7-12-20(23)22(2)14-16-8-9-17(26-3)13-19(16)27-4/h5-6,8-11,13,21H,7,12,14H2,1-4H3. The number of nitrogens with one attached hydrogen (secondary N) is 1. The van der Waals surface area contributed by atoms with Crippen molar-refractivity contribution in [3.8, 4) is 11.5 Å². The van der Waals surface area contributed by atoms with Gasteiger partial charge >= 0.3 is 0 Å². The van der Waals surface area contributed by atoms with Crippen molar-refractivity contribution < 1.29 is 22.7 Å². The molecule has 0 heterocycles. The Morgan fingerprint density at radius 3 is 2.32 bits per heavy atom. The lowest BCUT2D eigenvalue weighted by atomic mass is 10.1. The van der Waals surface area contributed by atoms with Crippen molar-refractivity contribution in [1.82, 2.24) is 9.62 Å². The molecule has 0 saturated carbocycles. The van der Waals surface area contributed by atoms with Gasteiger partial charge in [0.1, 0.15) is 11.5 Å². The monoisotopic (exact) mass is 406 g/mol. The van der Waals surface area contributed by atoms with E-state index in [0.717, 1.165) is 11.1 Å². The lowest BCUT2D eigenvalue weighted by Gasteiger charge is -2.19. The fourth-order valence-electron chi connectivity index (χ4n) is 2.72. The highest BCUT2D eigenvalue weighted by molar-refractivity contribution is 7.89. The van der Waals surface area contributed by atoms with E-state index in [1.54, 1.807) is 44.4 Å². The predicted octanol–water partition coefficient (Wildman–Crippen LogP) is 2.20. The second kappa shape index (κ2) is 9.57. The first-order chi connectivity index (χ1) is 13.3. The molecular formula is C20H26N2O5S. The first kappa shape index (κ1) is 21.7. The summed E-state index contributed by atoms with van der Waals surface area (Å²) in [7, 11) is 2.83. The molecule has 0 spiro atoms. The minimum absolute atomic E-state index is 0.00945. The topological polar surface area (TPSA) is 84.9 Å². The third kappa shape index (κ3) is 5.46. The molecule has 0 aliphatic heterocycles. The van der Waals surface area contributed by atoms with Crippen LogP contribution < -0.4 is 14.2 Å². The van der Waals surface area contributed by atoms with Gasteiger partial charge in [0.15, 0.2) is 0 Å². The van der Waals surface area contributed by atoms with E-state index in [9.17, 15) is 13.2 Å². The van der Waals surface area contributed by atoms with Crippen molar-refractivity contribution in [3.05, 3.63) is 53.6 Å². The predicted molar refractivity (Wildman–Crippen MR) is 107 cm³/mol. The highest BCUT2D eigenvalue weighted by Crippen LogP contribution is 2.25. The van der Waals surface area contributed by atoms with Crippen LogP contribution in [0.5, 0.6) is 11.5 Å². The van der Waals surface area contributed by atoms with Crippen LogP contribution >= 0.6 is 0 Å². The summed E-state index contributed by atoms with van der Waals surface area (Å²) in [5.41, 5.74) is 1.79. The maximum absolute atomic E-state index is 12.5. The molecule has 0 atom stereocenters. The molecule has 0 aromatic heterocycles. The minimum Gasteiger partial charge on any atom is -0.497 e. The number of nitrogens with zero attached hydrogens (tertiary/aromatic N) is 1. The van der Waals surface area contributed by atoms with E-state index in [-0.39, 0.29) is 10.8 Å². The highest BCUT2D eigenvalue weighted by Gasteiger charge is 2.14. The fourth-order valence-corrected chi connectivity index (χ4v) is 3.45. The Hall–Kier alpha value is -2.58. The number of sulfonamides is 1. The number of ether oxygens (including phenoxy) is 2. The zero-order valence-corrected chi connectivity index (χ0v) is 17.4. The number of carbonyl (C=O) groups is 1. The fraction of sp³-hybridized carbons (Fsp3) is 0.350. The van der Waals surface area contributed by atoms with Crippen LogP contribution in [0.25, 0.3) is 0 Å². The normalized spacial score (nSPS) is 11.1. The van der Waals surface area contributed by atoms with Crippen molar-refractivity contribution in [2.45, 2.75) is 24.3 Å². The van der Waals surface area contributed by atoms with Crippen LogP contribution in [-0.4, -0.2) is 47.5 Å². The maximum atomic E-state index is 12.5. The van der Waals surface area contributed by atoms with Crippen molar-refractivity contribution >= 4 is 15.9 Å². The van der Waals surface area contributed by atoms with E-state index in [1.807, 2.05) is 12.1 Å². The Balaban J connectivity index is 1.96. The number of hydrogen-bond donors (Lipinski definition) is 1. The first-order valence-electron chi connectivity index (χ1n) is 8.78. The molecule has 1 N–H and O–H groups in total. The zero-order valence-electron chi connectivity index (χ0n) is 16.6. The van der Waals surface area contributed by atoms with Crippen molar-refractivity contribution in [2.75, 3.05) is 28.3 Å². The van der Waals surface area contributed by atoms with Crippen LogP contribution in [0.2, 0.25) is 0 Å². The summed E-state index contributed by atoms with van der Waals surface area (Å²) in [6.07, 6.45) is 0.857. The van der Waals surface area contributed by atoms with Crippen LogP contribution in [-0.2, 0) is 27.8 Å². The smallest absolute Gasteiger partial charge is 0.240 e. The lowest BCUT2D eigenvalue weighted by Crippen LogP contribution is -2.26. The molecular weight excluding hydrogens is 380 g/mol. The number of hydrogen-bond acceptors (Lipinski definition) is 5. The molecule has 7 nitrogen and oxygen atoms in total. The zero-order chi connectivity index (χ0) is 20.7. The van der Waals surface area contributed by atoms with Gasteiger partial charge in [-0.3, -0.25) is 4.79 Å². The van der Waals surface area contributed by atoms with Crippen molar-refractivity contribution in [2.24, 2.45) is 0 Å². The van der Waals surface area contributed by atoms with E-state index in [2.05, 4.69) is 4.72 Å². The Morgan fingerprint density at radius 2 is 1.75 bits per heavy atom. The summed E-state index contributed by atoms with van der Waals surface area (Å²) in [5, 5.41) is 0. The largest absolute Gasteiger partial charge is 0.497 e. The molecule has 0 aliphatic rings. The molecule has 28 heavy (non-hydrogen) atoms. The number of aryl methyl sites for hydroxylation is 1. The Kier molecular flexibility index (Phi) is 7.42. The second-order valence-corrected chi connectivity index (χ2v) is 8.17. The minimum atomic E-state index is -3.45. The Labute approximate surface area is 166 Å². The van der Waals surface area contributed by atoms with Crippen LogP contribution in [0.1, 0.15) is 17.5 Å². The Bertz CT molecular complexity index is 911. The van der Waals surface area contributed by atoms with Gasteiger partial charge in [0.25, 0.3) is 0 Å². The summed E-state index contributed by atoms with van der Waals surface area (Å²) in [6.45, 7) is 0.422. The van der Waals surface area contributed by atoms with Gasteiger partial charge in [-0.1, -0.05) is 12.1 Å². The number of rotatable bonds is 9. The summed E-state index contributed by atoms with van der Waals surface area (Å²) >= 11 is 0. The van der Waals surface area contributed by atoms with Crippen LogP contribution in [0.3, 0.4) is 0 Å². The molecule has 2 rings (SSSR count). The van der Waals surface area contributed by atoms with Gasteiger partial charge in [-0.2, -0.15) is 0 Å². The number of benzene rings is 2. The van der Waals surface area contributed by atoms with Crippen LogP contribution in [0.4, 0.5) is 0 Å². The van der Waals surface area contributed by atoms with Gasteiger partial charge in [0.05, 0.1) is 19.1 Å². The van der Waals surface area contributed by atoms with Gasteiger partial charge in [-0.25, -0.2) is 13.1 Å². The van der Waals surface area contributed by atoms with Gasteiger partial charge in [-0.05, 0) is 43.3 Å². The number of amides is 1. The van der Waals surface area contributed by atoms with E-state index >= 15 is 0 Å². The van der Waals surface area contributed by atoms with Crippen molar-refractivity contribution in [1.29, 1.82) is 0 Å². The maximum Gasteiger partial charge on any atom is 0.240 e. The summed E-state index contributed by atoms with van der Waals surface area (Å²) < 4.78 is 36.3. The average molecular weight is 407 g/mol. The summed E-state index contributed by atoms with van der Waals surface area (Å²) in [6, 6.07) is 12.0. The third-order valence-electron chi connectivity index (χ3n) is 4.46. The third-order valence-corrected chi connectivity index (χ3v) is 5.89. The molecule has 0 bridgehead atoms. The number of methoxy groups -OCH3 is 2. The molecule has 0 radical (unpaired) electrons. The molecule has 2 aromatic rings. The summed E-state index contributed by atoms with van der Waals surface area (Å²) in [4.78, 5) is 14.3. The van der Waals surface area contributed by atoms with E-state index in [4.69, 9.17) is 9.47 Å². The first-order valence-corrected chi connectivity index (χ1v) is 10.3. The van der Waals surface area contributed by atoms with E-state index < -0.39 is 10.0 Å². The molecule has 2 aromatic carbocycles. The van der Waals surface area contributed by atoms with Crippen LogP contribution in [0, 0.1) is 0 Å². The van der Waals surface area contributed by atoms with Gasteiger partial charge in [-0.15, -0.1) is 0 Å². The Morgan fingerprint density at radius 1 is 1.07 bits per heavy atom. The SMILES string of the molecule is CNS(=O)(=O)c1ccc(CCC(=O)N(C)Cc2ccc(OC)cc2OC)cc1. The highest BCUT2D eigenvalue weighted by atomic mass is 32.2. The van der Waals surface area contributed by atoms with Gasteiger partial charge < -0.3 is 14.4 Å². The summed E-state index contributed by atoms with van der Waals surface area (Å²) in [5.74, 6) is 1.35. The molecule has 0 saturated heterocycles. The van der Waals surface area contributed by atoms with E-state index in [1.165, 1.54) is 19.2 Å². The molecule has 0 unspecified atom stereocenters. The molecule has 152 valence electrons. The average Bonchev–Trinajstić information content (AvgIpc) is 2.72. The quantitative estimate of drug-likeness (QED) is 0.690. The van der Waals surface area contributed by atoms with Gasteiger partial charge in [0, 0.05) is 31.6 Å². The van der Waals surface area contributed by atoms with E-state index in [0.29, 0.717) is 30.9 Å². The molecule has 0 aliphatic carbocycles.